The van der Waals surface area contributed by atoms with Crippen LogP contribution in [0.1, 0.15) is 40.0 Å². The Morgan fingerprint density at radius 2 is 0.737 bits per heavy atom. The van der Waals surface area contributed by atoms with Gasteiger partial charge in [0, 0.05) is 7.92 Å². The van der Waals surface area contributed by atoms with Crippen LogP contribution in [0, 0.1) is 0 Å². The maximum Gasteiger partial charge on any atom is 4.00 e. The van der Waals surface area contributed by atoms with Gasteiger partial charge in [-0.25, -0.2) is 0 Å². The van der Waals surface area contributed by atoms with E-state index in [2.05, 4.69) is 47.9 Å². The van der Waals surface area contributed by atoms with Crippen molar-refractivity contribution in [2.24, 2.45) is 0 Å². The minimum atomic E-state index is 0. The summed E-state index contributed by atoms with van der Waals surface area (Å²) >= 11 is 0. The zero-order valence-corrected chi connectivity index (χ0v) is 14.8. The molecule has 0 spiro atoms. The van der Waals surface area contributed by atoms with Crippen molar-refractivity contribution in [3.8, 4) is 0 Å². The summed E-state index contributed by atoms with van der Waals surface area (Å²) in [7, 11) is 0.103. The van der Waals surface area contributed by atoms with E-state index in [-0.39, 0.29) is 27.4 Å². The minimum Gasteiger partial charge on any atom is -0.545 e. The molecule has 0 radical (unpaired) electrons. The Labute approximate surface area is 132 Å². The quantitative estimate of drug-likeness (QED) is 0.308. The van der Waals surface area contributed by atoms with E-state index in [9.17, 15) is 0 Å². The molecule has 0 aromatic rings. The third-order valence-corrected chi connectivity index (χ3v) is 5.43. The molecule has 0 aromatic carbocycles. The molecule has 0 heterocycles. The summed E-state index contributed by atoms with van der Waals surface area (Å²) in [4.78, 5) is 31.0. The molecule has 0 amide bonds. The van der Waals surface area contributed by atoms with Gasteiger partial charge in [-0.15, -0.1) is 0 Å². The fourth-order valence-corrected chi connectivity index (χ4v) is 4.31. The summed E-state index contributed by atoms with van der Waals surface area (Å²) in [6.07, 6.45) is 8.88. The molecule has 0 aliphatic rings. The standard InChI is InChI=1S/C9H21P.4CHO.Ru/c1-4-7-10(8-5-2)9-6-3;4*1-2;/h4-9H2,1-3H3;4*1H;/q;4*-1;+4/p+1. The van der Waals surface area contributed by atoms with Gasteiger partial charge in [-0.3, -0.25) is 27.2 Å². The predicted molar refractivity (Wildman–Crippen MR) is 80.8 cm³/mol. The van der Waals surface area contributed by atoms with Gasteiger partial charge in [0.05, 0.1) is 18.5 Å². The second-order valence-electron chi connectivity index (χ2n) is 3.00. The normalized spacial score (nSPS) is 6.53. The fraction of sp³-hybridized carbons (Fsp3) is 0.692. The summed E-state index contributed by atoms with van der Waals surface area (Å²) < 4.78 is 0. The molecule has 0 aliphatic carbocycles. The molecule has 0 saturated carbocycles. The maximum absolute atomic E-state index is 7.75. The molecule has 0 unspecified atom stereocenters. The van der Waals surface area contributed by atoms with Gasteiger partial charge >= 0.3 is 19.5 Å². The minimum absolute atomic E-state index is 0. The third kappa shape index (κ3) is 57.6. The van der Waals surface area contributed by atoms with Crippen molar-refractivity contribution >= 4 is 35.1 Å². The van der Waals surface area contributed by atoms with Crippen molar-refractivity contribution in [3.63, 3.8) is 0 Å². The number of carbonyl (C=O) groups excluding carboxylic acids is 4. The first-order valence-electron chi connectivity index (χ1n) is 5.62. The Kier molecular flexibility index (Phi) is 124. The van der Waals surface area contributed by atoms with Crippen LogP contribution in [-0.2, 0) is 38.7 Å². The van der Waals surface area contributed by atoms with Crippen molar-refractivity contribution in [1.82, 2.24) is 0 Å². The van der Waals surface area contributed by atoms with E-state index in [4.69, 9.17) is 19.2 Å². The van der Waals surface area contributed by atoms with E-state index >= 15 is 0 Å². The van der Waals surface area contributed by atoms with Gasteiger partial charge in [0.25, 0.3) is 0 Å². The van der Waals surface area contributed by atoms with E-state index in [1.165, 1.54) is 19.3 Å². The van der Waals surface area contributed by atoms with Gasteiger partial charge in [-0.05, 0) is 19.3 Å². The van der Waals surface area contributed by atoms with Crippen LogP contribution < -0.4 is 0 Å². The zero-order chi connectivity index (χ0) is 15.8. The van der Waals surface area contributed by atoms with Crippen LogP contribution in [0.15, 0.2) is 0 Å². The van der Waals surface area contributed by atoms with Crippen molar-refractivity contribution in [2.45, 2.75) is 40.0 Å². The van der Waals surface area contributed by atoms with Crippen LogP contribution in [0.25, 0.3) is 0 Å². The third-order valence-electron chi connectivity index (χ3n) is 1.81. The van der Waals surface area contributed by atoms with E-state index in [0.29, 0.717) is 0 Å². The second kappa shape index (κ2) is 65.1. The van der Waals surface area contributed by atoms with Crippen molar-refractivity contribution in [3.05, 3.63) is 0 Å². The second-order valence-corrected chi connectivity index (χ2v) is 6.00. The van der Waals surface area contributed by atoms with Gasteiger partial charge in [-0.2, -0.15) is 0 Å². The molecule has 0 saturated heterocycles. The molecule has 4 nitrogen and oxygen atoms in total. The van der Waals surface area contributed by atoms with E-state index in [1.807, 2.05) is 0 Å². The molecular formula is C13H26O4PRu+. The smallest absolute Gasteiger partial charge is 0.545 e. The summed E-state index contributed by atoms with van der Waals surface area (Å²) in [5.74, 6) is 0. The Hall–Kier alpha value is -0.267. The zero-order valence-electron chi connectivity index (χ0n) is 12.0. The molecule has 114 valence electrons. The maximum atomic E-state index is 7.75. The Balaban J connectivity index is -0.0000000401. The fourth-order valence-electron chi connectivity index (χ4n) is 1.44. The molecule has 0 fully saturated rings. The van der Waals surface area contributed by atoms with Crippen molar-refractivity contribution < 1.29 is 38.7 Å². The van der Waals surface area contributed by atoms with E-state index in [1.54, 1.807) is 18.5 Å². The predicted octanol–water partition coefficient (Wildman–Crippen LogP) is 2.33. The van der Waals surface area contributed by atoms with Gasteiger partial charge in [0.1, 0.15) is 0 Å². The summed E-state index contributed by atoms with van der Waals surface area (Å²) in [6.45, 7) is 19.9. The van der Waals surface area contributed by atoms with Crippen LogP contribution >= 0.6 is 7.92 Å². The Morgan fingerprint density at radius 3 is 0.842 bits per heavy atom. The van der Waals surface area contributed by atoms with Crippen LogP contribution in [0.3, 0.4) is 0 Å². The molecular weight excluding hydrogens is 352 g/mol. The van der Waals surface area contributed by atoms with Crippen LogP contribution in [0.5, 0.6) is 0 Å². The van der Waals surface area contributed by atoms with E-state index < -0.39 is 0 Å². The van der Waals surface area contributed by atoms with Crippen LogP contribution in [-0.4, -0.2) is 45.6 Å². The topological polar surface area (TPSA) is 68.3 Å². The largest absolute Gasteiger partial charge is 4.00 e. The van der Waals surface area contributed by atoms with Crippen molar-refractivity contribution in [2.75, 3.05) is 18.5 Å². The van der Waals surface area contributed by atoms with Crippen molar-refractivity contribution in [1.29, 1.82) is 0 Å². The molecule has 0 aliphatic heterocycles. The average molecular weight is 378 g/mol. The summed E-state index contributed by atoms with van der Waals surface area (Å²) in [5.41, 5.74) is 0. The molecule has 19 heavy (non-hydrogen) atoms. The molecule has 0 atom stereocenters. The first-order valence-corrected chi connectivity index (χ1v) is 7.75. The van der Waals surface area contributed by atoms with Gasteiger partial charge in [-0.1, -0.05) is 20.8 Å². The monoisotopic (exact) mass is 379 g/mol. The Morgan fingerprint density at radius 1 is 0.579 bits per heavy atom. The number of rotatable bonds is 6. The first kappa shape index (κ1) is 36.3. The molecule has 6 heteroatoms. The SMILES string of the molecule is CCC[PH+](CCC)CCC.[CH-]=O.[CH-]=O.[CH-]=O.[CH-]=O.[Ru+4]. The summed E-state index contributed by atoms with van der Waals surface area (Å²) in [5, 5.41) is 0. The number of hydrogen-bond donors (Lipinski definition) is 0. The van der Waals surface area contributed by atoms with Gasteiger partial charge in [0.2, 0.25) is 0 Å². The Bertz CT molecular complexity index is 98.6. The van der Waals surface area contributed by atoms with Gasteiger partial charge < -0.3 is 19.2 Å². The van der Waals surface area contributed by atoms with Crippen LogP contribution in [0.2, 0.25) is 0 Å². The van der Waals surface area contributed by atoms with Gasteiger partial charge in [0.15, 0.2) is 0 Å². The summed E-state index contributed by atoms with van der Waals surface area (Å²) in [6, 6.07) is 0. The molecule has 0 bridgehead atoms. The first-order chi connectivity index (χ1) is 8.85. The molecule has 0 N–H and O–H groups in total. The van der Waals surface area contributed by atoms with E-state index in [0.717, 1.165) is 0 Å². The number of hydrogen-bond acceptors (Lipinski definition) is 4. The van der Waals surface area contributed by atoms with Crippen LogP contribution in [0.4, 0.5) is 0 Å². The molecule has 0 aromatic heterocycles. The molecule has 0 rings (SSSR count). The average Bonchev–Trinajstić information content (AvgIpc) is 2.48.